The Morgan fingerprint density at radius 2 is 1.76 bits per heavy atom. The molecule has 7 nitrogen and oxygen atoms in total. The fraction of sp³-hybridized carbons (Fsp3) is 0.265. The molecule has 0 bridgehead atoms. The first-order chi connectivity index (χ1) is 19.7. The molecule has 1 unspecified atom stereocenters. The Kier molecular flexibility index (Phi) is 7.79. The van der Waals surface area contributed by atoms with E-state index in [-0.39, 0.29) is 18.7 Å². The van der Waals surface area contributed by atoms with Crippen molar-refractivity contribution in [2.45, 2.75) is 45.8 Å². The monoisotopic (exact) mass is 549 g/mol. The number of benzene rings is 2. The van der Waals surface area contributed by atoms with Gasteiger partial charge in [-0.25, -0.2) is 9.78 Å². The van der Waals surface area contributed by atoms with E-state index in [1.54, 1.807) is 12.3 Å². The van der Waals surface area contributed by atoms with Gasteiger partial charge in [0.05, 0.1) is 0 Å². The molecule has 1 atom stereocenters. The third-order valence-electron chi connectivity index (χ3n) is 7.52. The molecule has 1 aliphatic carbocycles. The number of aromatic nitrogens is 2. The Morgan fingerprint density at radius 1 is 1.05 bits per heavy atom. The third kappa shape index (κ3) is 6.24. The van der Waals surface area contributed by atoms with Crippen LogP contribution in [0.5, 0.6) is 0 Å². The van der Waals surface area contributed by atoms with Gasteiger partial charge in [0.2, 0.25) is 0 Å². The summed E-state index contributed by atoms with van der Waals surface area (Å²) in [6.07, 6.45) is 7.93. The van der Waals surface area contributed by atoms with Crippen molar-refractivity contribution in [3.05, 3.63) is 130 Å². The first-order valence-corrected chi connectivity index (χ1v) is 13.8. The Balaban J connectivity index is 1.56. The molecule has 41 heavy (non-hydrogen) atoms. The molecule has 0 saturated carbocycles. The zero-order chi connectivity index (χ0) is 29.0. The summed E-state index contributed by atoms with van der Waals surface area (Å²) in [5.41, 5.74) is 2.86. The van der Waals surface area contributed by atoms with Crippen LogP contribution in [0.1, 0.15) is 43.9 Å². The van der Waals surface area contributed by atoms with E-state index in [0.29, 0.717) is 18.5 Å². The quantitative estimate of drug-likeness (QED) is 0.276. The fourth-order valence-electron chi connectivity index (χ4n) is 5.47. The lowest BCUT2D eigenvalue weighted by Crippen LogP contribution is -2.51. The highest BCUT2D eigenvalue weighted by Gasteiger charge is 2.39. The minimum atomic E-state index is -0.975. The lowest BCUT2D eigenvalue weighted by Gasteiger charge is -2.43. The Bertz CT molecular complexity index is 1650. The highest BCUT2D eigenvalue weighted by Crippen LogP contribution is 2.41. The van der Waals surface area contributed by atoms with Gasteiger partial charge in [0, 0.05) is 35.1 Å². The van der Waals surface area contributed by atoms with Gasteiger partial charge < -0.3 is 14.8 Å². The van der Waals surface area contributed by atoms with E-state index >= 15 is 0 Å². The number of hydrogen-bond donors (Lipinski definition) is 1. The number of rotatable bonds is 8. The highest BCUT2D eigenvalue weighted by molar-refractivity contribution is 5.79. The second kappa shape index (κ2) is 11.5. The van der Waals surface area contributed by atoms with E-state index in [2.05, 4.69) is 29.3 Å². The SMILES string of the molecule is CC(C)(C)N(CC1(Cc2cc(=O)n(OCc3ccccc3)c3ncccc23)C=CC=C(c2ccccc2)C1)C(=O)O. The van der Waals surface area contributed by atoms with E-state index in [0.717, 1.165) is 27.6 Å². The number of hydrogen-bond acceptors (Lipinski definition) is 4. The molecule has 1 amide bonds. The molecule has 0 saturated heterocycles. The zero-order valence-electron chi connectivity index (χ0n) is 23.7. The maximum Gasteiger partial charge on any atom is 0.407 e. The molecular formula is C34H35N3O4. The average molecular weight is 550 g/mol. The summed E-state index contributed by atoms with van der Waals surface area (Å²) in [7, 11) is 0. The van der Waals surface area contributed by atoms with Gasteiger partial charge >= 0.3 is 6.09 Å². The maximum absolute atomic E-state index is 13.5. The van der Waals surface area contributed by atoms with Crippen LogP contribution in [0, 0.1) is 5.41 Å². The second-order valence-corrected chi connectivity index (χ2v) is 11.6. The molecule has 1 aliphatic rings. The van der Waals surface area contributed by atoms with Crippen molar-refractivity contribution in [3.8, 4) is 0 Å². The molecule has 0 aliphatic heterocycles. The van der Waals surface area contributed by atoms with Crippen LogP contribution in [0.2, 0.25) is 0 Å². The summed E-state index contributed by atoms with van der Waals surface area (Å²) >= 11 is 0. The number of carbonyl (C=O) groups is 1. The minimum absolute atomic E-state index is 0.225. The highest BCUT2D eigenvalue weighted by atomic mass is 16.7. The van der Waals surface area contributed by atoms with E-state index < -0.39 is 17.0 Å². The minimum Gasteiger partial charge on any atom is -0.465 e. The molecule has 2 heterocycles. The van der Waals surface area contributed by atoms with Gasteiger partial charge in [-0.15, -0.1) is 4.73 Å². The molecule has 1 N–H and O–H groups in total. The number of amides is 1. The van der Waals surface area contributed by atoms with Crippen molar-refractivity contribution in [3.63, 3.8) is 0 Å². The Hall–Kier alpha value is -4.65. The van der Waals surface area contributed by atoms with Crippen molar-refractivity contribution in [2.24, 2.45) is 5.41 Å². The predicted molar refractivity (Wildman–Crippen MR) is 162 cm³/mol. The lowest BCUT2D eigenvalue weighted by atomic mass is 9.71. The maximum atomic E-state index is 13.5. The molecule has 7 heteroatoms. The molecule has 0 radical (unpaired) electrons. The number of nitrogens with zero attached hydrogens (tertiary/aromatic N) is 3. The van der Waals surface area contributed by atoms with Crippen LogP contribution in [0.15, 0.2) is 108 Å². The number of carboxylic acid groups (broad SMARTS) is 1. The van der Waals surface area contributed by atoms with Gasteiger partial charge in [0.25, 0.3) is 5.56 Å². The second-order valence-electron chi connectivity index (χ2n) is 11.6. The molecule has 0 fully saturated rings. The fourth-order valence-corrected chi connectivity index (χ4v) is 5.47. The normalized spacial score (nSPS) is 16.8. The first kappa shape index (κ1) is 27.9. The number of fused-ring (bicyclic) bond motifs is 1. The van der Waals surface area contributed by atoms with Crippen molar-refractivity contribution < 1.29 is 14.7 Å². The van der Waals surface area contributed by atoms with Gasteiger partial charge in [0.1, 0.15) is 6.61 Å². The standard InChI is InChI=1S/C34H35N3O4/c1-33(2,3)36(32(39)40)24-34(18-10-16-27(21-34)26-14-8-5-9-15-26)22-28-20-30(38)37(31-29(28)17-11-19-35-31)41-23-25-12-6-4-7-13-25/h4-20H,21-24H2,1-3H3,(H,39,40). The third-order valence-corrected chi connectivity index (χ3v) is 7.52. The lowest BCUT2D eigenvalue weighted by molar-refractivity contribution is 0.0759. The molecule has 5 rings (SSSR count). The summed E-state index contributed by atoms with van der Waals surface area (Å²) in [6.45, 7) is 6.20. The Morgan fingerprint density at radius 3 is 2.44 bits per heavy atom. The van der Waals surface area contributed by atoms with E-state index in [4.69, 9.17) is 4.84 Å². The van der Waals surface area contributed by atoms with Crippen LogP contribution in [0.25, 0.3) is 16.6 Å². The molecular weight excluding hydrogens is 514 g/mol. The van der Waals surface area contributed by atoms with Crippen molar-refractivity contribution in [2.75, 3.05) is 6.54 Å². The van der Waals surface area contributed by atoms with Crippen LogP contribution < -0.4 is 10.4 Å². The Labute approximate surface area is 240 Å². The van der Waals surface area contributed by atoms with Crippen LogP contribution in [0.3, 0.4) is 0 Å². The molecule has 0 spiro atoms. The van der Waals surface area contributed by atoms with Gasteiger partial charge in [-0.1, -0.05) is 78.9 Å². The molecule has 4 aromatic rings. The smallest absolute Gasteiger partial charge is 0.407 e. The van der Waals surface area contributed by atoms with E-state index in [1.165, 1.54) is 9.63 Å². The average Bonchev–Trinajstić information content (AvgIpc) is 2.96. The molecule has 2 aromatic carbocycles. The summed E-state index contributed by atoms with van der Waals surface area (Å²) in [5, 5.41) is 11.0. The van der Waals surface area contributed by atoms with Crippen LogP contribution in [-0.2, 0) is 13.0 Å². The van der Waals surface area contributed by atoms with Gasteiger partial charge in [-0.3, -0.25) is 4.79 Å². The zero-order valence-corrected chi connectivity index (χ0v) is 23.7. The van der Waals surface area contributed by atoms with E-state index in [1.807, 2.05) is 87.5 Å². The summed E-state index contributed by atoms with van der Waals surface area (Å²) < 4.78 is 1.25. The van der Waals surface area contributed by atoms with Crippen molar-refractivity contribution >= 4 is 22.7 Å². The number of allylic oxidation sites excluding steroid dienone is 3. The van der Waals surface area contributed by atoms with Gasteiger partial charge in [-0.2, -0.15) is 0 Å². The molecule has 2 aromatic heterocycles. The summed E-state index contributed by atoms with van der Waals surface area (Å²) in [6, 6.07) is 25.2. The molecule has 210 valence electrons. The van der Waals surface area contributed by atoms with Crippen LogP contribution in [0.4, 0.5) is 4.79 Å². The van der Waals surface area contributed by atoms with E-state index in [9.17, 15) is 14.7 Å². The topological polar surface area (TPSA) is 84.7 Å². The van der Waals surface area contributed by atoms with Crippen LogP contribution >= 0.6 is 0 Å². The predicted octanol–water partition coefficient (Wildman–Crippen LogP) is 6.38. The van der Waals surface area contributed by atoms with Crippen molar-refractivity contribution in [1.29, 1.82) is 0 Å². The first-order valence-electron chi connectivity index (χ1n) is 13.8. The van der Waals surface area contributed by atoms with Crippen molar-refractivity contribution in [1.82, 2.24) is 14.6 Å². The van der Waals surface area contributed by atoms with Crippen LogP contribution in [-0.4, -0.2) is 37.9 Å². The summed E-state index contributed by atoms with van der Waals surface area (Å²) in [4.78, 5) is 37.9. The summed E-state index contributed by atoms with van der Waals surface area (Å²) in [5.74, 6) is 0. The number of pyridine rings is 2. The van der Waals surface area contributed by atoms with Gasteiger partial charge in [-0.05, 0) is 68.0 Å². The largest absolute Gasteiger partial charge is 0.465 e. The van der Waals surface area contributed by atoms with Gasteiger partial charge in [0.15, 0.2) is 5.65 Å².